The summed E-state index contributed by atoms with van der Waals surface area (Å²) < 4.78 is 16.3. The van der Waals surface area contributed by atoms with E-state index in [1.165, 1.54) is 0 Å². The lowest BCUT2D eigenvalue weighted by atomic mass is 10.0. The normalized spacial score (nSPS) is 13.7. The van der Waals surface area contributed by atoms with Crippen LogP contribution in [-0.2, 0) is 4.74 Å². The zero-order chi connectivity index (χ0) is 24.4. The van der Waals surface area contributed by atoms with Gasteiger partial charge in [0.25, 0.3) is 0 Å². The highest BCUT2D eigenvalue weighted by Crippen LogP contribution is 2.41. The fourth-order valence-corrected chi connectivity index (χ4v) is 4.44. The lowest BCUT2D eigenvalue weighted by Gasteiger charge is -2.29. The highest BCUT2D eigenvalue weighted by molar-refractivity contribution is 6.33. The van der Waals surface area contributed by atoms with Crippen molar-refractivity contribution in [2.75, 3.05) is 57.4 Å². The molecule has 0 saturated carbocycles. The summed E-state index contributed by atoms with van der Waals surface area (Å²) in [5.74, 6) is 1.67. The zero-order valence-corrected chi connectivity index (χ0v) is 20.5. The Morgan fingerprint density at radius 2 is 1.80 bits per heavy atom. The summed E-state index contributed by atoms with van der Waals surface area (Å²) in [5.41, 5.74) is 4.26. The van der Waals surface area contributed by atoms with Gasteiger partial charge < -0.3 is 24.0 Å². The van der Waals surface area contributed by atoms with Gasteiger partial charge in [-0.2, -0.15) is 0 Å². The maximum absolute atomic E-state index is 6.65. The van der Waals surface area contributed by atoms with Crippen molar-refractivity contribution in [3.63, 3.8) is 0 Å². The monoisotopic (exact) mass is 492 g/mol. The van der Waals surface area contributed by atoms with Crippen molar-refractivity contribution in [1.29, 1.82) is 0 Å². The second kappa shape index (κ2) is 9.89. The summed E-state index contributed by atoms with van der Waals surface area (Å²) in [6.07, 6.45) is 1.58. The van der Waals surface area contributed by atoms with E-state index in [9.17, 15) is 0 Å². The number of fused-ring (bicyclic) bond motifs is 1. The van der Waals surface area contributed by atoms with Crippen LogP contribution < -0.4 is 19.3 Å². The Labute approximate surface area is 208 Å². The van der Waals surface area contributed by atoms with E-state index in [0.29, 0.717) is 22.5 Å². The van der Waals surface area contributed by atoms with Gasteiger partial charge in [-0.15, -0.1) is 10.2 Å². The number of aromatic nitrogens is 4. The molecule has 0 aliphatic carbocycles. The summed E-state index contributed by atoms with van der Waals surface area (Å²) in [4.78, 5) is 13.3. The molecule has 1 aliphatic heterocycles. The van der Waals surface area contributed by atoms with Crippen LogP contribution in [0.3, 0.4) is 0 Å². The van der Waals surface area contributed by atoms with Crippen molar-refractivity contribution >= 4 is 39.7 Å². The average molecular weight is 493 g/mol. The Morgan fingerprint density at radius 1 is 0.971 bits per heavy atom. The lowest BCUT2D eigenvalue weighted by molar-refractivity contribution is 0.122. The molecule has 1 aliphatic rings. The standard InChI is InChI=1S/C25H25ClN6O3/c1-31(23-6-7-24(34-3)30-29-23)21-13-18(22(33-2)14-19(21)26)25-17-5-4-16(12-20(17)27-15-28-25)32-8-10-35-11-9-32/h4-7,12-15H,8-11H2,1-3H3. The van der Waals surface area contributed by atoms with E-state index >= 15 is 0 Å². The molecule has 4 aromatic rings. The summed E-state index contributed by atoms with van der Waals surface area (Å²) in [5, 5.41) is 9.73. The van der Waals surface area contributed by atoms with Crippen LogP contribution >= 0.6 is 11.6 Å². The largest absolute Gasteiger partial charge is 0.496 e. The lowest BCUT2D eigenvalue weighted by Crippen LogP contribution is -2.36. The van der Waals surface area contributed by atoms with Gasteiger partial charge in [-0.05, 0) is 30.3 Å². The van der Waals surface area contributed by atoms with Crippen LogP contribution in [0.4, 0.5) is 17.2 Å². The van der Waals surface area contributed by atoms with E-state index < -0.39 is 0 Å². The van der Waals surface area contributed by atoms with Crippen LogP contribution in [0, 0.1) is 0 Å². The van der Waals surface area contributed by atoms with Gasteiger partial charge in [0.05, 0.1) is 49.4 Å². The first-order chi connectivity index (χ1) is 17.1. The maximum atomic E-state index is 6.65. The minimum Gasteiger partial charge on any atom is -0.496 e. The van der Waals surface area contributed by atoms with E-state index in [4.69, 9.17) is 25.8 Å². The SMILES string of the molecule is COc1ccc(N(C)c2cc(-c3ncnc4cc(N5CCOCC5)ccc34)c(OC)cc2Cl)nn1. The topological polar surface area (TPSA) is 85.7 Å². The second-order valence-corrected chi connectivity index (χ2v) is 8.43. The molecule has 1 fully saturated rings. The Bertz CT molecular complexity index is 1350. The molecule has 0 spiro atoms. The molecule has 2 aromatic heterocycles. The number of ether oxygens (including phenoxy) is 3. The number of benzene rings is 2. The number of nitrogens with zero attached hydrogens (tertiary/aromatic N) is 6. The van der Waals surface area contributed by atoms with Crippen molar-refractivity contribution in [2.24, 2.45) is 0 Å². The van der Waals surface area contributed by atoms with Crippen LogP contribution in [0.15, 0.2) is 48.8 Å². The third-order valence-corrected chi connectivity index (χ3v) is 6.36. The fraction of sp³-hybridized carbons (Fsp3) is 0.280. The summed E-state index contributed by atoms with van der Waals surface area (Å²) in [6.45, 7) is 3.17. The van der Waals surface area contributed by atoms with E-state index in [2.05, 4.69) is 43.3 Å². The van der Waals surface area contributed by atoms with Crippen LogP contribution in [0.2, 0.25) is 5.02 Å². The molecule has 0 radical (unpaired) electrons. The van der Waals surface area contributed by atoms with Gasteiger partial charge in [0.15, 0.2) is 5.82 Å². The molecule has 9 nitrogen and oxygen atoms in total. The van der Waals surface area contributed by atoms with E-state index in [0.717, 1.165) is 59.8 Å². The number of hydrogen-bond acceptors (Lipinski definition) is 9. The molecule has 0 bridgehead atoms. The van der Waals surface area contributed by atoms with E-state index in [1.54, 1.807) is 32.7 Å². The third kappa shape index (κ3) is 4.52. The van der Waals surface area contributed by atoms with Crippen molar-refractivity contribution in [1.82, 2.24) is 20.2 Å². The molecule has 5 rings (SSSR count). The number of halogens is 1. The predicted molar refractivity (Wildman–Crippen MR) is 136 cm³/mol. The first-order valence-corrected chi connectivity index (χ1v) is 11.5. The number of morpholine rings is 1. The highest BCUT2D eigenvalue weighted by Gasteiger charge is 2.19. The number of hydrogen-bond donors (Lipinski definition) is 0. The molecule has 10 heteroatoms. The van der Waals surface area contributed by atoms with Gasteiger partial charge in [0, 0.05) is 48.9 Å². The molecule has 0 N–H and O–H groups in total. The van der Waals surface area contributed by atoms with Crippen molar-refractivity contribution in [2.45, 2.75) is 0 Å². The summed E-state index contributed by atoms with van der Waals surface area (Å²) in [6, 6.07) is 13.6. The van der Waals surface area contributed by atoms with Crippen LogP contribution in [0.1, 0.15) is 0 Å². The van der Waals surface area contributed by atoms with Gasteiger partial charge >= 0.3 is 0 Å². The van der Waals surface area contributed by atoms with Crippen molar-refractivity contribution < 1.29 is 14.2 Å². The Hall–Kier alpha value is -3.69. The Morgan fingerprint density at radius 3 is 2.51 bits per heavy atom. The number of methoxy groups -OCH3 is 2. The van der Waals surface area contributed by atoms with Gasteiger partial charge in [-0.1, -0.05) is 11.6 Å². The van der Waals surface area contributed by atoms with E-state index in [-0.39, 0.29) is 0 Å². The fourth-order valence-electron chi connectivity index (χ4n) is 4.16. The molecule has 1 saturated heterocycles. The molecule has 3 heterocycles. The molecule has 180 valence electrons. The van der Waals surface area contributed by atoms with Crippen molar-refractivity contribution in [3.8, 4) is 22.9 Å². The number of anilines is 3. The summed E-state index contributed by atoms with van der Waals surface area (Å²) in [7, 11) is 5.05. The third-order valence-electron chi connectivity index (χ3n) is 6.06. The van der Waals surface area contributed by atoms with Gasteiger partial charge in [0.2, 0.25) is 5.88 Å². The maximum Gasteiger partial charge on any atom is 0.233 e. The Balaban J connectivity index is 1.58. The Kier molecular flexibility index (Phi) is 6.52. The van der Waals surface area contributed by atoms with Gasteiger partial charge in [0.1, 0.15) is 12.1 Å². The zero-order valence-electron chi connectivity index (χ0n) is 19.7. The first-order valence-electron chi connectivity index (χ1n) is 11.2. The average Bonchev–Trinajstić information content (AvgIpc) is 2.92. The van der Waals surface area contributed by atoms with Crippen LogP contribution in [-0.4, -0.2) is 67.7 Å². The second-order valence-electron chi connectivity index (χ2n) is 8.02. The smallest absolute Gasteiger partial charge is 0.233 e. The minimum absolute atomic E-state index is 0.438. The molecular weight excluding hydrogens is 468 g/mol. The van der Waals surface area contributed by atoms with Crippen LogP contribution in [0.25, 0.3) is 22.2 Å². The number of rotatable bonds is 6. The van der Waals surface area contributed by atoms with Gasteiger partial charge in [-0.3, -0.25) is 0 Å². The highest BCUT2D eigenvalue weighted by atomic mass is 35.5. The molecule has 0 unspecified atom stereocenters. The first kappa shape index (κ1) is 23.1. The van der Waals surface area contributed by atoms with Crippen molar-refractivity contribution in [3.05, 3.63) is 53.8 Å². The summed E-state index contributed by atoms with van der Waals surface area (Å²) >= 11 is 6.65. The molecule has 0 atom stereocenters. The van der Waals surface area contributed by atoms with E-state index in [1.807, 2.05) is 24.1 Å². The molecule has 2 aromatic carbocycles. The minimum atomic E-state index is 0.438. The molecule has 35 heavy (non-hydrogen) atoms. The van der Waals surface area contributed by atoms with Gasteiger partial charge in [-0.25, -0.2) is 9.97 Å². The predicted octanol–water partition coefficient (Wildman–Crippen LogP) is 4.36. The molecular formula is C25H25ClN6O3. The van der Waals surface area contributed by atoms with Crippen LogP contribution in [0.5, 0.6) is 11.6 Å². The molecule has 0 amide bonds. The quantitative estimate of drug-likeness (QED) is 0.389.